The van der Waals surface area contributed by atoms with E-state index in [2.05, 4.69) is 5.32 Å². The molecular weight excluding hydrogens is 397 g/mol. The minimum Gasteiger partial charge on any atom is -0.377 e. The van der Waals surface area contributed by atoms with Crippen LogP contribution in [-0.2, 0) is 25.5 Å². The minimum absolute atomic E-state index is 0.0842. The number of carbonyl (C=O) groups excluding carboxylic acids is 1. The van der Waals surface area contributed by atoms with Crippen molar-refractivity contribution >= 4 is 15.7 Å². The summed E-state index contributed by atoms with van der Waals surface area (Å²) >= 11 is 0. The molecule has 0 saturated heterocycles. The van der Waals surface area contributed by atoms with Crippen LogP contribution >= 0.6 is 0 Å². The van der Waals surface area contributed by atoms with Crippen molar-refractivity contribution in [2.75, 3.05) is 13.2 Å². The lowest BCUT2D eigenvalue weighted by molar-refractivity contribution is -0.139. The Morgan fingerprint density at radius 3 is 2.61 bits per heavy atom. The molecule has 1 aliphatic carbocycles. The van der Waals surface area contributed by atoms with E-state index in [1.54, 1.807) is 6.07 Å². The number of rotatable bonds is 7. The Kier molecular flexibility index (Phi) is 7.06. The summed E-state index contributed by atoms with van der Waals surface area (Å²) in [4.78, 5) is 11.5. The maximum Gasteiger partial charge on any atom is 0.417 e. The molecule has 0 unspecified atom stereocenters. The van der Waals surface area contributed by atoms with Gasteiger partial charge in [-0.2, -0.15) is 18.4 Å². The number of sulfone groups is 1. The van der Waals surface area contributed by atoms with E-state index < -0.39 is 49.7 Å². The summed E-state index contributed by atoms with van der Waals surface area (Å²) in [5.41, 5.74) is -1.22. The molecule has 1 aromatic rings. The highest BCUT2D eigenvalue weighted by atomic mass is 32.2. The maximum absolute atomic E-state index is 13.3. The number of ether oxygens (including phenoxy) is 1. The normalized spacial score (nSPS) is 22.6. The monoisotopic (exact) mass is 418 g/mol. The lowest BCUT2D eigenvalue weighted by Gasteiger charge is -2.18. The fraction of sp³-hybridized carbons (Fsp3) is 0.556. The van der Waals surface area contributed by atoms with Crippen molar-refractivity contribution in [1.29, 1.82) is 5.26 Å². The molecule has 6 nitrogen and oxygen atoms in total. The van der Waals surface area contributed by atoms with Gasteiger partial charge in [-0.3, -0.25) is 4.79 Å². The van der Waals surface area contributed by atoms with E-state index in [0.717, 1.165) is 18.2 Å². The largest absolute Gasteiger partial charge is 0.417 e. The molecule has 28 heavy (non-hydrogen) atoms. The number of nitriles is 1. The molecule has 1 aliphatic rings. The third-order valence-electron chi connectivity index (χ3n) is 4.61. The molecule has 154 valence electrons. The van der Waals surface area contributed by atoms with Crippen LogP contribution in [0.15, 0.2) is 29.2 Å². The van der Waals surface area contributed by atoms with Gasteiger partial charge in [-0.15, -0.1) is 0 Å². The van der Waals surface area contributed by atoms with Crippen molar-refractivity contribution in [2.24, 2.45) is 5.92 Å². The first-order chi connectivity index (χ1) is 13.1. The lowest BCUT2D eigenvalue weighted by Crippen LogP contribution is -2.36. The molecule has 2 rings (SSSR count). The maximum atomic E-state index is 13.3. The minimum atomic E-state index is -4.82. The zero-order chi connectivity index (χ0) is 20.9. The number of amides is 1. The molecule has 3 atom stereocenters. The number of nitrogens with zero attached hydrogens (tertiary/aromatic N) is 1. The molecule has 1 aromatic carbocycles. The Morgan fingerprint density at radius 2 is 2.00 bits per heavy atom. The van der Waals surface area contributed by atoms with Gasteiger partial charge in [0.1, 0.15) is 6.54 Å². The van der Waals surface area contributed by atoms with Gasteiger partial charge in [0, 0.05) is 6.61 Å². The second-order valence-electron chi connectivity index (χ2n) is 6.52. The third kappa shape index (κ3) is 4.83. The van der Waals surface area contributed by atoms with Crippen LogP contribution < -0.4 is 5.32 Å². The second kappa shape index (κ2) is 8.92. The molecule has 1 fully saturated rings. The average Bonchev–Trinajstić information content (AvgIpc) is 3.09. The van der Waals surface area contributed by atoms with Gasteiger partial charge >= 0.3 is 6.18 Å². The van der Waals surface area contributed by atoms with Gasteiger partial charge in [-0.1, -0.05) is 19.1 Å². The molecule has 0 aliphatic heterocycles. The van der Waals surface area contributed by atoms with Gasteiger partial charge < -0.3 is 10.1 Å². The van der Waals surface area contributed by atoms with Gasteiger partial charge in [0.25, 0.3) is 0 Å². The van der Waals surface area contributed by atoms with E-state index in [4.69, 9.17) is 10.00 Å². The summed E-state index contributed by atoms with van der Waals surface area (Å²) in [6.07, 6.45) is -5.17. The van der Waals surface area contributed by atoms with Crippen LogP contribution in [0.4, 0.5) is 13.2 Å². The Balaban J connectivity index is 2.34. The van der Waals surface area contributed by atoms with Crippen molar-refractivity contribution in [3.8, 4) is 6.07 Å². The molecule has 10 heteroatoms. The first kappa shape index (κ1) is 22.2. The first-order valence-corrected chi connectivity index (χ1v) is 10.3. The number of carbonyl (C=O) groups is 1. The van der Waals surface area contributed by atoms with Crippen LogP contribution in [0.2, 0.25) is 0 Å². The quantitative estimate of drug-likeness (QED) is 0.687. The fourth-order valence-corrected chi connectivity index (χ4v) is 5.34. The van der Waals surface area contributed by atoms with E-state index in [0.29, 0.717) is 13.0 Å². The number of nitrogens with one attached hydrogen (secondary N) is 1. The molecule has 1 amide bonds. The van der Waals surface area contributed by atoms with Crippen molar-refractivity contribution < 1.29 is 31.1 Å². The number of hydrogen-bond acceptors (Lipinski definition) is 5. The molecular formula is C18H21F3N2O4S. The molecule has 0 bridgehead atoms. The molecule has 0 aromatic heterocycles. The zero-order valence-electron chi connectivity index (χ0n) is 15.2. The highest BCUT2D eigenvalue weighted by molar-refractivity contribution is 7.92. The van der Waals surface area contributed by atoms with E-state index >= 15 is 0 Å². The smallest absolute Gasteiger partial charge is 0.377 e. The van der Waals surface area contributed by atoms with Crippen LogP contribution in [0.25, 0.3) is 0 Å². The van der Waals surface area contributed by atoms with Gasteiger partial charge in [0.2, 0.25) is 5.91 Å². The van der Waals surface area contributed by atoms with Crippen LogP contribution in [0.5, 0.6) is 0 Å². The Labute approximate surface area is 161 Å². The predicted molar refractivity (Wildman–Crippen MR) is 93.8 cm³/mol. The number of halogens is 3. The SMILES string of the molecule is CCCO[C@H]1C[C@@H](S(=O)(=O)c2ccccc2C(F)(F)F)C[C@@H]1C(=O)NCC#N. The fourth-order valence-electron chi connectivity index (χ4n) is 3.32. The highest BCUT2D eigenvalue weighted by Gasteiger charge is 2.47. The molecule has 0 heterocycles. The number of benzene rings is 1. The molecule has 1 N–H and O–H groups in total. The molecule has 0 spiro atoms. The zero-order valence-corrected chi connectivity index (χ0v) is 16.0. The summed E-state index contributed by atoms with van der Waals surface area (Å²) in [5, 5.41) is 9.79. The third-order valence-corrected chi connectivity index (χ3v) is 6.84. The van der Waals surface area contributed by atoms with Crippen molar-refractivity contribution in [1.82, 2.24) is 5.32 Å². The first-order valence-electron chi connectivity index (χ1n) is 8.79. The predicted octanol–water partition coefficient (Wildman–Crippen LogP) is 2.69. The second-order valence-corrected chi connectivity index (χ2v) is 8.72. The Morgan fingerprint density at radius 1 is 1.32 bits per heavy atom. The Bertz CT molecular complexity index is 849. The summed E-state index contributed by atoms with van der Waals surface area (Å²) in [6, 6.07) is 5.78. The van der Waals surface area contributed by atoms with Gasteiger partial charge in [0.05, 0.1) is 33.8 Å². The summed E-state index contributed by atoms with van der Waals surface area (Å²) < 4.78 is 71.3. The molecule has 1 saturated carbocycles. The van der Waals surface area contributed by atoms with Gasteiger partial charge in [-0.25, -0.2) is 8.42 Å². The number of alkyl halides is 3. The standard InChI is InChI=1S/C18H21F3N2O4S/c1-2-9-27-15-11-12(10-13(15)17(24)23-8-7-22)28(25,26)16-6-4-3-5-14(16)18(19,20)21/h3-6,12-13,15H,2,8-11H2,1H3,(H,23,24)/t12-,13-,15-/m0/s1. The van der Waals surface area contributed by atoms with Crippen molar-refractivity contribution in [3.05, 3.63) is 29.8 Å². The highest BCUT2D eigenvalue weighted by Crippen LogP contribution is 2.40. The van der Waals surface area contributed by atoms with E-state index in [9.17, 15) is 26.4 Å². The Hall–Kier alpha value is -2.12. The topological polar surface area (TPSA) is 96.3 Å². The average molecular weight is 418 g/mol. The van der Waals surface area contributed by atoms with Crippen LogP contribution in [0.1, 0.15) is 31.7 Å². The van der Waals surface area contributed by atoms with Crippen molar-refractivity contribution in [2.45, 2.75) is 48.6 Å². The number of hydrogen-bond donors (Lipinski definition) is 1. The summed E-state index contributed by atoms with van der Waals surface area (Å²) in [7, 11) is -4.34. The molecule has 0 radical (unpaired) electrons. The van der Waals surface area contributed by atoms with E-state index in [1.807, 2.05) is 6.92 Å². The lowest BCUT2D eigenvalue weighted by atomic mass is 10.1. The van der Waals surface area contributed by atoms with Gasteiger partial charge in [-0.05, 0) is 31.4 Å². The van der Waals surface area contributed by atoms with Gasteiger partial charge in [0.15, 0.2) is 9.84 Å². The van der Waals surface area contributed by atoms with E-state index in [1.165, 1.54) is 6.07 Å². The van der Waals surface area contributed by atoms with Crippen LogP contribution in [0.3, 0.4) is 0 Å². The van der Waals surface area contributed by atoms with E-state index in [-0.39, 0.29) is 19.4 Å². The summed E-state index contributed by atoms with van der Waals surface area (Å²) in [6.45, 7) is 1.89. The van der Waals surface area contributed by atoms with Crippen LogP contribution in [0, 0.1) is 17.2 Å². The van der Waals surface area contributed by atoms with Crippen molar-refractivity contribution in [3.63, 3.8) is 0 Å². The summed E-state index contributed by atoms with van der Waals surface area (Å²) in [5.74, 6) is -1.39. The van der Waals surface area contributed by atoms with Crippen LogP contribution in [-0.4, -0.2) is 38.8 Å².